The number of nitrogens with zero attached hydrogens (tertiary/aromatic N) is 2. The van der Waals surface area contributed by atoms with Gasteiger partial charge in [-0.2, -0.15) is 0 Å². The van der Waals surface area contributed by atoms with Gasteiger partial charge in [0, 0.05) is 24.7 Å². The van der Waals surface area contributed by atoms with Gasteiger partial charge < -0.3 is 10.2 Å². The highest BCUT2D eigenvalue weighted by atomic mass is 35.5. The van der Waals surface area contributed by atoms with Crippen LogP contribution in [0.4, 0.5) is 0 Å². The third-order valence-corrected chi connectivity index (χ3v) is 5.88. The van der Waals surface area contributed by atoms with Gasteiger partial charge in [0.15, 0.2) is 0 Å². The van der Waals surface area contributed by atoms with E-state index in [1.165, 1.54) is 11.3 Å². The molecule has 1 aliphatic heterocycles. The molecule has 0 aliphatic carbocycles. The van der Waals surface area contributed by atoms with Crippen LogP contribution in [0.1, 0.15) is 32.4 Å². The number of thiazole rings is 1. The van der Waals surface area contributed by atoms with Crippen LogP contribution in [0.3, 0.4) is 0 Å². The summed E-state index contributed by atoms with van der Waals surface area (Å²) in [5.41, 5.74) is 1.90. The summed E-state index contributed by atoms with van der Waals surface area (Å²) in [6.45, 7) is 5.42. The van der Waals surface area contributed by atoms with Gasteiger partial charge in [0.25, 0.3) is 5.91 Å². The molecule has 0 radical (unpaired) electrons. The average molecular weight is 392 g/mol. The molecule has 5 nitrogen and oxygen atoms in total. The van der Waals surface area contributed by atoms with Crippen LogP contribution in [-0.4, -0.2) is 41.3 Å². The fourth-order valence-electron chi connectivity index (χ4n) is 3.16. The van der Waals surface area contributed by atoms with Gasteiger partial charge in [-0.1, -0.05) is 23.7 Å². The summed E-state index contributed by atoms with van der Waals surface area (Å²) in [5, 5.41) is 4.58. The molecule has 1 saturated heterocycles. The van der Waals surface area contributed by atoms with Crippen molar-refractivity contribution in [3.8, 4) is 0 Å². The van der Waals surface area contributed by atoms with Crippen LogP contribution in [0.15, 0.2) is 24.3 Å². The first-order chi connectivity index (χ1) is 12.4. The Morgan fingerprint density at radius 3 is 2.69 bits per heavy atom. The van der Waals surface area contributed by atoms with E-state index in [-0.39, 0.29) is 17.7 Å². The lowest BCUT2D eigenvalue weighted by molar-refractivity contribution is -0.124. The summed E-state index contributed by atoms with van der Waals surface area (Å²) in [6.07, 6.45) is 1.47. The number of hydrogen-bond donors (Lipinski definition) is 1. The van der Waals surface area contributed by atoms with Crippen molar-refractivity contribution in [2.45, 2.75) is 26.7 Å². The largest absolute Gasteiger partial charge is 0.355 e. The number of likely N-dealkylation sites (tertiary alicyclic amines) is 1. The first-order valence-electron chi connectivity index (χ1n) is 8.69. The Morgan fingerprint density at radius 2 is 2.04 bits per heavy atom. The molecular formula is C19H22ClN3O2S. The Hall–Kier alpha value is -1.92. The fourth-order valence-corrected chi connectivity index (χ4v) is 4.17. The van der Waals surface area contributed by atoms with Crippen LogP contribution in [0.5, 0.6) is 0 Å². The normalized spacial score (nSPS) is 16.7. The minimum atomic E-state index is -0.140. The van der Waals surface area contributed by atoms with Gasteiger partial charge in [0.05, 0.1) is 16.6 Å². The Bertz CT molecular complexity index is 804. The van der Waals surface area contributed by atoms with Crippen molar-refractivity contribution in [3.63, 3.8) is 0 Å². The van der Waals surface area contributed by atoms with Crippen LogP contribution in [0.25, 0.3) is 0 Å². The van der Waals surface area contributed by atoms with E-state index in [2.05, 4.69) is 10.3 Å². The zero-order valence-electron chi connectivity index (χ0n) is 14.9. The molecule has 2 aromatic rings. The standard InChI is InChI=1S/C19H22ClN3O2S/c1-12-17(26-13(2)22-12)19(25)23-10-8-15(11-23)18(24)21-9-7-14-3-5-16(20)6-4-14/h3-6,15H,7-11H2,1-2H3,(H,21,24)/t15-/m0/s1. The van der Waals surface area contributed by atoms with E-state index in [1.54, 1.807) is 4.90 Å². The van der Waals surface area contributed by atoms with E-state index in [1.807, 2.05) is 38.1 Å². The molecule has 1 N–H and O–H groups in total. The summed E-state index contributed by atoms with van der Waals surface area (Å²) in [7, 11) is 0. The average Bonchev–Trinajstić information content (AvgIpc) is 3.22. The molecule has 1 fully saturated rings. The van der Waals surface area contributed by atoms with E-state index >= 15 is 0 Å². The molecule has 1 aromatic heterocycles. The molecule has 0 bridgehead atoms. The number of hydrogen-bond acceptors (Lipinski definition) is 4. The Balaban J connectivity index is 1.48. The summed E-state index contributed by atoms with van der Waals surface area (Å²) < 4.78 is 0. The van der Waals surface area contributed by atoms with Crippen molar-refractivity contribution in [3.05, 3.63) is 50.4 Å². The first-order valence-corrected chi connectivity index (χ1v) is 9.89. The van der Waals surface area contributed by atoms with Crippen LogP contribution < -0.4 is 5.32 Å². The predicted molar refractivity (Wildman–Crippen MR) is 104 cm³/mol. The highest BCUT2D eigenvalue weighted by Crippen LogP contribution is 2.24. The van der Waals surface area contributed by atoms with Gasteiger partial charge in [-0.3, -0.25) is 9.59 Å². The Labute approximate surface area is 162 Å². The molecule has 7 heteroatoms. The molecular weight excluding hydrogens is 370 g/mol. The molecule has 26 heavy (non-hydrogen) atoms. The van der Waals surface area contributed by atoms with Crippen molar-refractivity contribution in [1.82, 2.24) is 15.2 Å². The van der Waals surface area contributed by atoms with Gasteiger partial charge in [-0.05, 0) is 44.4 Å². The van der Waals surface area contributed by atoms with E-state index in [9.17, 15) is 9.59 Å². The lowest BCUT2D eigenvalue weighted by Crippen LogP contribution is -2.35. The van der Waals surface area contributed by atoms with E-state index in [0.717, 1.165) is 22.7 Å². The maximum atomic E-state index is 12.6. The number of benzene rings is 1. The minimum Gasteiger partial charge on any atom is -0.355 e. The molecule has 3 rings (SSSR count). The van der Waals surface area contributed by atoms with Gasteiger partial charge in [-0.15, -0.1) is 11.3 Å². The third-order valence-electron chi connectivity index (χ3n) is 4.57. The molecule has 0 spiro atoms. The second kappa shape index (κ2) is 8.18. The number of carbonyl (C=O) groups is 2. The van der Waals surface area contributed by atoms with Crippen molar-refractivity contribution >= 4 is 34.8 Å². The molecule has 2 amide bonds. The summed E-state index contributed by atoms with van der Waals surface area (Å²) in [4.78, 5) is 31.8. The lowest BCUT2D eigenvalue weighted by atomic mass is 10.1. The Morgan fingerprint density at radius 1 is 1.31 bits per heavy atom. The van der Waals surface area contributed by atoms with Gasteiger partial charge in [-0.25, -0.2) is 4.98 Å². The SMILES string of the molecule is Cc1nc(C)c(C(=O)N2CC[C@H](C(=O)NCCc3ccc(Cl)cc3)C2)s1. The number of aryl methyl sites for hydroxylation is 2. The first kappa shape index (κ1) is 18.9. The molecule has 2 heterocycles. The second-order valence-electron chi connectivity index (χ2n) is 6.55. The van der Waals surface area contributed by atoms with Crippen LogP contribution in [0, 0.1) is 19.8 Å². The van der Waals surface area contributed by atoms with Crippen LogP contribution >= 0.6 is 22.9 Å². The molecule has 1 aliphatic rings. The third kappa shape index (κ3) is 4.43. The van der Waals surface area contributed by atoms with Gasteiger partial charge in [0.1, 0.15) is 4.88 Å². The number of halogens is 1. The lowest BCUT2D eigenvalue weighted by Gasteiger charge is -2.16. The summed E-state index contributed by atoms with van der Waals surface area (Å²) in [5.74, 6) is -0.130. The van der Waals surface area contributed by atoms with Gasteiger partial charge in [0.2, 0.25) is 5.91 Å². The van der Waals surface area contributed by atoms with Crippen molar-refractivity contribution in [2.24, 2.45) is 5.92 Å². The highest BCUT2D eigenvalue weighted by molar-refractivity contribution is 7.13. The smallest absolute Gasteiger partial charge is 0.265 e. The van der Waals surface area contributed by atoms with E-state index in [4.69, 9.17) is 11.6 Å². The highest BCUT2D eigenvalue weighted by Gasteiger charge is 2.32. The number of amides is 2. The van der Waals surface area contributed by atoms with Crippen molar-refractivity contribution in [2.75, 3.05) is 19.6 Å². The summed E-state index contributed by atoms with van der Waals surface area (Å²) in [6, 6.07) is 7.62. The van der Waals surface area contributed by atoms with Crippen molar-refractivity contribution in [1.29, 1.82) is 0 Å². The number of aromatic nitrogens is 1. The Kier molecular flexibility index (Phi) is 5.94. The van der Waals surface area contributed by atoms with Gasteiger partial charge >= 0.3 is 0 Å². The second-order valence-corrected chi connectivity index (χ2v) is 8.19. The fraction of sp³-hybridized carbons (Fsp3) is 0.421. The molecule has 138 valence electrons. The summed E-state index contributed by atoms with van der Waals surface area (Å²) >= 11 is 7.29. The van der Waals surface area contributed by atoms with Crippen LogP contribution in [-0.2, 0) is 11.2 Å². The van der Waals surface area contributed by atoms with E-state index < -0.39 is 0 Å². The molecule has 1 atom stereocenters. The number of rotatable bonds is 5. The topological polar surface area (TPSA) is 62.3 Å². The molecule has 0 saturated carbocycles. The maximum Gasteiger partial charge on any atom is 0.265 e. The van der Waals surface area contributed by atoms with Crippen LogP contribution in [0.2, 0.25) is 5.02 Å². The zero-order chi connectivity index (χ0) is 18.7. The molecule has 1 aromatic carbocycles. The molecule has 0 unspecified atom stereocenters. The zero-order valence-corrected chi connectivity index (χ0v) is 16.5. The maximum absolute atomic E-state index is 12.6. The minimum absolute atomic E-state index is 0.00966. The number of carbonyl (C=O) groups excluding carboxylic acids is 2. The van der Waals surface area contributed by atoms with Crippen molar-refractivity contribution < 1.29 is 9.59 Å². The number of nitrogens with one attached hydrogen (secondary N) is 1. The quantitative estimate of drug-likeness (QED) is 0.851. The monoisotopic (exact) mass is 391 g/mol. The predicted octanol–water partition coefficient (Wildman–Crippen LogP) is 3.23. The van der Waals surface area contributed by atoms with E-state index in [0.29, 0.717) is 36.0 Å².